The SMILES string of the molecule is NC(=O)c1cc(-c2ccc(F)cc2)c(OCc2cccnc2)cn1. The van der Waals surface area contributed by atoms with Gasteiger partial charge in [-0.2, -0.15) is 0 Å². The normalized spacial score (nSPS) is 10.4. The Morgan fingerprint density at radius 1 is 1.17 bits per heavy atom. The van der Waals surface area contributed by atoms with Gasteiger partial charge in [-0.1, -0.05) is 18.2 Å². The van der Waals surface area contributed by atoms with Crippen molar-refractivity contribution < 1.29 is 13.9 Å². The van der Waals surface area contributed by atoms with Crippen LogP contribution in [0.25, 0.3) is 11.1 Å². The molecule has 0 fully saturated rings. The Kier molecular flexibility index (Phi) is 4.47. The third-order valence-electron chi connectivity index (χ3n) is 3.39. The van der Waals surface area contributed by atoms with Gasteiger partial charge >= 0.3 is 0 Å². The molecule has 0 aliphatic carbocycles. The number of pyridine rings is 2. The minimum Gasteiger partial charge on any atom is -0.487 e. The smallest absolute Gasteiger partial charge is 0.267 e. The van der Waals surface area contributed by atoms with E-state index < -0.39 is 5.91 Å². The Morgan fingerprint density at radius 2 is 1.96 bits per heavy atom. The topological polar surface area (TPSA) is 78.1 Å². The van der Waals surface area contributed by atoms with Gasteiger partial charge in [-0.3, -0.25) is 9.78 Å². The molecule has 0 aliphatic heterocycles. The first-order valence-corrected chi connectivity index (χ1v) is 7.21. The molecule has 1 aromatic carbocycles. The molecule has 3 aromatic rings. The standard InChI is InChI=1S/C18H14FN3O2/c19-14-5-3-13(4-6-14)15-8-16(18(20)23)22-10-17(15)24-11-12-2-1-7-21-9-12/h1-10H,11H2,(H2,20,23). The number of amides is 1. The van der Waals surface area contributed by atoms with E-state index in [0.717, 1.165) is 5.56 Å². The number of ether oxygens (including phenoxy) is 1. The highest BCUT2D eigenvalue weighted by Crippen LogP contribution is 2.30. The maximum atomic E-state index is 13.2. The Bertz CT molecular complexity index is 852. The third-order valence-corrected chi connectivity index (χ3v) is 3.39. The zero-order valence-corrected chi connectivity index (χ0v) is 12.6. The van der Waals surface area contributed by atoms with Crippen LogP contribution in [0.2, 0.25) is 0 Å². The average Bonchev–Trinajstić information content (AvgIpc) is 2.61. The number of primary amides is 1. The van der Waals surface area contributed by atoms with Crippen LogP contribution in [0.4, 0.5) is 4.39 Å². The molecular formula is C18H14FN3O2. The molecule has 0 saturated heterocycles. The van der Waals surface area contributed by atoms with Crippen molar-refractivity contribution in [2.75, 3.05) is 0 Å². The number of carbonyl (C=O) groups excluding carboxylic acids is 1. The second kappa shape index (κ2) is 6.87. The molecule has 2 heterocycles. The van der Waals surface area contributed by atoms with E-state index in [1.165, 1.54) is 24.4 Å². The Balaban J connectivity index is 1.95. The fourth-order valence-electron chi connectivity index (χ4n) is 2.19. The van der Waals surface area contributed by atoms with Gasteiger partial charge in [0.1, 0.15) is 23.9 Å². The molecule has 5 nitrogen and oxygen atoms in total. The van der Waals surface area contributed by atoms with Crippen molar-refractivity contribution in [2.24, 2.45) is 5.73 Å². The van der Waals surface area contributed by atoms with E-state index in [9.17, 15) is 9.18 Å². The van der Waals surface area contributed by atoms with Crippen LogP contribution in [-0.2, 0) is 6.61 Å². The molecule has 0 aliphatic rings. The van der Waals surface area contributed by atoms with Gasteiger partial charge in [-0.25, -0.2) is 9.37 Å². The summed E-state index contributed by atoms with van der Waals surface area (Å²) in [5, 5.41) is 0. The summed E-state index contributed by atoms with van der Waals surface area (Å²) < 4.78 is 18.9. The predicted molar refractivity (Wildman–Crippen MR) is 86.7 cm³/mol. The first-order chi connectivity index (χ1) is 11.6. The summed E-state index contributed by atoms with van der Waals surface area (Å²) in [6, 6.07) is 11.1. The predicted octanol–water partition coefficient (Wildman–Crippen LogP) is 2.96. The lowest BCUT2D eigenvalue weighted by Crippen LogP contribution is -2.13. The van der Waals surface area contributed by atoms with Crippen LogP contribution in [-0.4, -0.2) is 15.9 Å². The van der Waals surface area contributed by atoms with Gasteiger partial charge in [0.15, 0.2) is 0 Å². The molecule has 0 spiro atoms. The highest BCUT2D eigenvalue weighted by molar-refractivity contribution is 5.92. The van der Waals surface area contributed by atoms with Gasteiger partial charge in [0, 0.05) is 23.5 Å². The van der Waals surface area contributed by atoms with Crippen LogP contribution < -0.4 is 10.5 Å². The minimum absolute atomic E-state index is 0.114. The number of aromatic nitrogens is 2. The Hall–Kier alpha value is -3.28. The molecule has 0 atom stereocenters. The molecule has 3 rings (SSSR count). The Morgan fingerprint density at radius 3 is 2.62 bits per heavy atom. The fourth-order valence-corrected chi connectivity index (χ4v) is 2.19. The van der Waals surface area contributed by atoms with E-state index in [4.69, 9.17) is 10.5 Å². The highest BCUT2D eigenvalue weighted by Gasteiger charge is 2.12. The number of nitrogens with zero attached hydrogens (tertiary/aromatic N) is 2. The van der Waals surface area contributed by atoms with Crippen LogP contribution in [0, 0.1) is 5.82 Å². The summed E-state index contributed by atoms with van der Waals surface area (Å²) in [6.45, 7) is 0.291. The van der Waals surface area contributed by atoms with E-state index in [-0.39, 0.29) is 11.5 Å². The van der Waals surface area contributed by atoms with E-state index in [1.807, 2.05) is 12.1 Å². The van der Waals surface area contributed by atoms with Gasteiger partial charge in [-0.15, -0.1) is 0 Å². The van der Waals surface area contributed by atoms with Crippen molar-refractivity contribution in [3.63, 3.8) is 0 Å². The minimum atomic E-state index is -0.642. The van der Waals surface area contributed by atoms with Gasteiger partial charge in [0.2, 0.25) is 0 Å². The van der Waals surface area contributed by atoms with Crippen molar-refractivity contribution in [1.29, 1.82) is 0 Å². The highest BCUT2D eigenvalue weighted by atomic mass is 19.1. The Labute approximate surface area is 137 Å². The number of benzene rings is 1. The number of halogens is 1. The molecule has 6 heteroatoms. The molecule has 24 heavy (non-hydrogen) atoms. The van der Waals surface area contributed by atoms with E-state index >= 15 is 0 Å². The summed E-state index contributed by atoms with van der Waals surface area (Å²) in [5.74, 6) is -0.520. The van der Waals surface area contributed by atoms with Crippen LogP contribution in [0.5, 0.6) is 5.75 Å². The van der Waals surface area contributed by atoms with Crippen LogP contribution in [0.3, 0.4) is 0 Å². The van der Waals surface area contributed by atoms with E-state index in [1.54, 1.807) is 24.5 Å². The summed E-state index contributed by atoms with van der Waals surface area (Å²) in [5.41, 5.74) is 7.60. The number of hydrogen-bond donors (Lipinski definition) is 1. The zero-order chi connectivity index (χ0) is 16.9. The number of carbonyl (C=O) groups is 1. The second-order valence-electron chi connectivity index (χ2n) is 5.09. The first kappa shape index (κ1) is 15.6. The molecule has 1 amide bonds. The zero-order valence-electron chi connectivity index (χ0n) is 12.6. The largest absolute Gasteiger partial charge is 0.487 e. The molecular weight excluding hydrogens is 309 g/mol. The van der Waals surface area contributed by atoms with Gasteiger partial charge in [-0.05, 0) is 29.8 Å². The van der Waals surface area contributed by atoms with Crippen LogP contribution in [0.15, 0.2) is 61.1 Å². The molecule has 0 radical (unpaired) electrons. The van der Waals surface area contributed by atoms with Crippen molar-refractivity contribution in [1.82, 2.24) is 9.97 Å². The molecule has 0 unspecified atom stereocenters. The van der Waals surface area contributed by atoms with Crippen LogP contribution in [0.1, 0.15) is 16.1 Å². The molecule has 2 aromatic heterocycles. The van der Waals surface area contributed by atoms with E-state index in [2.05, 4.69) is 9.97 Å². The summed E-state index contributed by atoms with van der Waals surface area (Å²) in [4.78, 5) is 19.4. The number of hydrogen-bond acceptors (Lipinski definition) is 4. The monoisotopic (exact) mass is 323 g/mol. The van der Waals surface area contributed by atoms with Crippen molar-refractivity contribution in [3.05, 3.63) is 78.1 Å². The van der Waals surface area contributed by atoms with Gasteiger partial charge in [0.05, 0.1) is 6.20 Å². The summed E-state index contributed by atoms with van der Waals surface area (Å²) in [6.07, 6.45) is 4.81. The molecule has 120 valence electrons. The van der Waals surface area contributed by atoms with E-state index in [0.29, 0.717) is 23.5 Å². The lowest BCUT2D eigenvalue weighted by molar-refractivity contribution is 0.0995. The third kappa shape index (κ3) is 3.55. The lowest BCUT2D eigenvalue weighted by atomic mass is 10.0. The number of rotatable bonds is 5. The molecule has 0 bridgehead atoms. The maximum Gasteiger partial charge on any atom is 0.267 e. The van der Waals surface area contributed by atoms with Crippen molar-refractivity contribution in [2.45, 2.75) is 6.61 Å². The average molecular weight is 323 g/mol. The fraction of sp³-hybridized carbons (Fsp3) is 0.0556. The lowest BCUT2D eigenvalue weighted by Gasteiger charge is -2.12. The van der Waals surface area contributed by atoms with Crippen molar-refractivity contribution >= 4 is 5.91 Å². The molecule has 2 N–H and O–H groups in total. The first-order valence-electron chi connectivity index (χ1n) is 7.21. The summed E-state index contributed by atoms with van der Waals surface area (Å²) >= 11 is 0. The molecule has 0 saturated carbocycles. The van der Waals surface area contributed by atoms with Crippen molar-refractivity contribution in [3.8, 4) is 16.9 Å². The quantitative estimate of drug-likeness (QED) is 0.783. The number of nitrogens with two attached hydrogens (primary N) is 1. The van der Waals surface area contributed by atoms with Gasteiger partial charge in [0.25, 0.3) is 5.91 Å². The van der Waals surface area contributed by atoms with Crippen LogP contribution >= 0.6 is 0 Å². The summed E-state index contributed by atoms with van der Waals surface area (Å²) in [7, 11) is 0. The maximum absolute atomic E-state index is 13.2. The van der Waals surface area contributed by atoms with Gasteiger partial charge < -0.3 is 10.5 Å². The second-order valence-corrected chi connectivity index (χ2v) is 5.09.